The third-order valence-electron chi connectivity index (χ3n) is 11.0. The minimum absolute atomic E-state index is 0.431. The largest absolute Gasteiger partial charge is 0.310 e. The molecule has 1 aliphatic rings. The van der Waals surface area contributed by atoms with Gasteiger partial charge in [0.25, 0.3) is 0 Å². The summed E-state index contributed by atoms with van der Waals surface area (Å²) in [6, 6.07) is 63.7. The van der Waals surface area contributed by atoms with Crippen LogP contribution in [0.15, 0.2) is 188 Å². The van der Waals surface area contributed by atoms with Crippen molar-refractivity contribution in [2.75, 3.05) is 4.90 Å². The SMILES string of the molecule is [C-]#[N+]c1cc(C#N)ccc1-c1cc(N2c3ccccc3C(c3ccccc3)(c3ccccc3)c3ccccc32)cc(-n2c3ccccc3c3cnccc32)c1. The molecule has 0 atom stereocenters. The number of para-hydroxylation sites is 3. The average Bonchev–Trinajstić information content (AvgIpc) is 3.60. The number of hydrogen-bond acceptors (Lipinski definition) is 3. The zero-order valence-electron chi connectivity index (χ0n) is 29.6. The van der Waals surface area contributed by atoms with Crippen molar-refractivity contribution in [1.29, 1.82) is 5.26 Å². The number of nitrogens with zero attached hydrogens (tertiary/aromatic N) is 5. The van der Waals surface area contributed by atoms with E-state index in [0.717, 1.165) is 55.7 Å². The standard InChI is InChI=1S/C50H31N5/c1-52-45-28-34(32-51)24-25-40(45)35-29-38(54-46-21-11-8-18-41(46)42-33-53-27-26-47(42)54)31-39(30-35)55-48-22-12-9-19-43(48)50(36-14-4-2-5-15-36,37-16-6-3-7-17-37)44-20-10-13-23-49(44)55/h2-31,33H. The quantitative estimate of drug-likeness (QED) is 0.168. The van der Waals surface area contributed by atoms with Gasteiger partial charge in [-0.25, -0.2) is 4.85 Å². The fourth-order valence-electron chi connectivity index (χ4n) is 8.73. The maximum atomic E-state index is 9.73. The van der Waals surface area contributed by atoms with Crippen LogP contribution in [0.2, 0.25) is 0 Å². The molecule has 7 aromatic carbocycles. The van der Waals surface area contributed by atoms with Crippen LogP contribution in [0.3, 0.4) is 0 Å². The average molecular weight is 702 g/mol. The van der Waals surface area contributed by atoms with E-state index in [0.29, 0.717) is 11.3 Å². The number of pyridine rings is 1. The molecule has 0 N–H and O–H groups in total. The van der Waals surface area contributed by atoms with Gasteiger partial charge in [0, 0.05) is 40.1 Å². The molecule has 5 nitrogen and oxygen atoms in total. The van der Waals surface area contributed by atoms with Gasteiger partial charge in [0.1, 0.15) is 0 Å². The highest BCUT2D eigenvalue weighted by molar-refractivity contribution is 6.09. The number of benzene rings is 7. The van der Waals surface area contributed by atoms with Gasteiger partial charge in [-0.2, -0.15) is 5.26 Å². The van der Waals surface area contributed by atoms with E-state index in [1.807, 2.05) is 18.5 Å². The topological polar surface area (TPSA) is 49.2 Å². The lowest BCUT2D eigenvalue weighted by Gasteiger charge is -2.46. The van der Waals surface area contributed by atoms with Gasteiger partial charge in [0.2, 0.25) is 0 Å². The van der Waals surface area contributed by atoms with Crippen LogP contribution in [-0.2, 0) is 5.41 Å². The molecule has 0 radical (unpaired) electrons. The minimum Gasteiger partial charge on any atom is -0.310 e. The summed E-state index contributed by atoms with van der Waals surface area (Å²) < 4.78 is 2.29. The van der Waals surface area contributed by atoms with Gasteiger partial charge in [0.15, 0.2) is 5.69 Å². The Kier molecular flexibility index (Phi) is 7.40. The maximum Gasteiger partial charge on any atom is 0.196 e. The zero-order chi connectivity index (χ0) is 36.9. The zero-order valence-corrected chi connectivity index (χ0v) is 29.6. The van der Waals surface area contributed by atoms with Crippen LogP contribution in [0.1, 0.15) is 27.8 Å². The Labute approximate surface area is 319 Å². The predicted octanol–water partition coefficient (Wildman–Crippen LogP) is 12.4. The monoisotopic (exact) mass is 701 g/mol. The summed E-state index contributed by atoms with van der Waals surface area (Å²) in [4.78, 5) is 10.8. The van der Waals surface area contributed by atoms with Gasteiger partial charge in [0.05, 0.1) is 40.5 Å². The van der Waals surface area contributed by atoms with Crippen LogP contribution < -0.4 is 4.90 Å². The molecular weight excluding hydrogens is 671 g/mol. The summed E-state index contributed by atoms with van der Waals surface area (Å²) in [5.74, 6) is 0. The fourth-order valence-corrected chi connectivity index (χ4v) is 8.73. The van der Waals surface area contributed by atoms with E-state index in [9.17, 15) is 5.26 Å². The van der Waals surface area contributed by atoms with E-state index in [2.05, 4.69) is 183 Å². The molecule has 10 rings (SSSR count). The van der Waals surface area contributed by atoms with Gasteiger partial charge in [-0.3, -0.25) is 4.98 Å². The van der Waals surface area contributed by atoms with E-state index in [1.165, 1.54) is 22.3 Å². The fraction of sp³-hybridized carbons (Fsp3) is 0.0200. The lowest BCUT2D eigenvalue weighted by molar-refractivity contribution is 0.731. The Morgan fingerprint density at radius 3 is 1.85 bits per heavy atom. The molecule has 0 fully saturated rings. The highest BCUT2D eigenvalue weighted by Gasteiger charge is 2.46. The van der Waals surface area contributed by atoms with Crippen molar-refractivity contribution in [3.63, 3.8) is 0 Å². The molecule has 0 spiro atoms. The Morgan fingerprint density at radius 1 is 0.582 bits per heavy atom. The molecule has 2 aromatic heterocycles. The van der Waals surface area contributed by atoms with Gasteiger partial charge in [-0.05, 0) is 88.0 Å². The minimum atomic E-state index is -0.600. The molecule has 55 heavy (non-hydrogen) atoms. The van der Waals surface area contributed by atoms with Crippen molar-refractivity contribution in [3.05, 3.63) is 228 Å². The third-order valence-corrected chi connectivity index (χ3v) is 11.0. The molecule has 256 valence electrons. The van der Waals surface area contributed by atoms with Crippen molar-refractivity contribution in [3.8, 4) is 22.9 Å². The summed E-state index contributed by atoms with van der Waals surface area (Å²) in [5, 5.41) is 11.9. The second-order valence-corrected chi connectivity index (χ2v) is 13.8. The van der Waals surface area contributed by atoms with E-state index >= 15 is 0 Å². The molecule has 0 saturated heterocycles. The Hall–Kier alpha value is -7.73. The third kappa shape index (κ3) is 4.81. The number of aromatic nitrogens is 2. The van der Waals surface area contributed by atoms with Gasteiger partial charge in [-0.1, -0.05) is 121 Å². The van der Waals surface area contributed by atoms with Crippen LogP contribution >= 0.6 is 0 Å². The summed E-state index contributed by atoms with van der Waals surface area (Å²) in [7, 11) is 0. The van der Waals surface area contributed by atoms with Gasteiger partial charge in [-0.15, -0.1) is 0 Å². The van der Waals surface area contributed by atoms with E-state index < -0.39 is 5.41 Å². The molecule has 0 aliphatic carbocycles. The summed E-state index contributed by atoms with van der Waals surface area (Å²) in [6.45, 7) is 8.16. The summed E-state index contributed by atoms with van der Waals surface area (Å²) in [6.07, 6.45) is 3.77. The number of rotatable bonds is 5. The normalized spacial score (nSPS) is 12.8. The number of fused-ring (bicyclic) bond motifs is 5. The first-order valence-corrected chi connectivity index (χ1v) is 18.2. The molecule has 5 heteroatoms. The lowest BCUT2D eigenvalue weighted by Crippen LogP contribution is -2.37. The van der Waals surface area contributed by atoms with Crippen LogP contribution in [0.5, 0.6) is 0 Å². The molecule has 0 saturated carbocycles. The summed E-state index contributed by atoms with van der Waals surface area (Å²) in [5.41, 5.74) is 12.8. The number of nitriles is 1. The van der Waals surface area contributed by atoms with Gasteiger partial charge >= 0.3 is 0 Å². The maximum absolute atomic E-state index is 9.73. The molecular formula is C50H31N5. The second kappa shape index (κ2) is 12.7. The van der Waals surface area contributed by atoms with Crippen molar-refractivity contribution >= 4 is 44.6 Å². The van der Waals surface area contributed by atoms with Crippen molar-refractivity contribution in [2.24, 2.45) is 0 Å². The molecule has 0 amide bonds. The molecule has 3 heterocycles. The van der Waals surface area contributed by atoms with Gasteiger partial charge < -0.3 is 9.47 Å². The first kappa shape index (κ1) is 32.0. The second-order valence-electron chi connectivity index (χ2n) is 13.8. The Balaban J connectivity index is 1.31. The van der Waals surface area contributed by atoms with E-state index in [-0.39, 0.29) is 0 Å². The molecule has 0 bridgehead atoms. The number of anilines is 3. The van der Waals surface area contributed by atoms with Crippen LogP contribution in [0.25, 0.3) is 43.5 Å². The van der Waals surface area contributed by atoms with E-state index in [1.54, 1.807) is 12.1 Å². The first-order valence-electron chi connectivity index (χ1n) is 18.2. The van der Waals surface area contributed by atoms with Crippen LogP contribution in [0, 0.1) is 17.9 Å². The van der Waals surface area contributed by atoms with E-state index in [4.69, 9.17) is 6.57 Å². The lowest BCUT2D eigenvalue weighted by atomic mass is 9.62. The number of hydrogen-bond donors (Lipinski definition) is 0. The van der Waals surface area contributed by atoms with Crippen LogP contribution in [-0.4, -0.2) is 9.55 Å². The highest BCUT2D eigenvalue weighted by Crippen LogP contribution is 2.58. The molecule has 0 unspecified atom stereocenters. The predicted molar refractivity (Wildman–Crippen MR) is 222 cm³/mol. The van der Waals surface area contributed by atoms with Crippen molar-refractivity contribution in [2.45, 2.75) is 5.41 Å². The highest BCUT2D eigenvalue weighted by atomic mass is 15.2. The smallest absolute Gasteiger partial charge is 0.196 e. The van der Waals surface area contributed by atoms with Crippen molar-refractivity contribution in [1.82, 2.24) is 9.55 Å². The molecule has 9 aromatic rings. The van der Waals surface area contributed by atoms with Crippen molar-refractivity contribution < 1.29 is 0 Å². The molecule has 1 aliphatic heterocycles. The Morgan fingerprint density at radius 2 is 1.18 bits per heavy atom. The van der Waals surface area contributed by atoms with Crippen LogP contribution in [0.4, 0.5) is 22.7 Å². The first-order chi connectivity index (χ1) is 27.2. The summed E-state index contributed by atoms with van der Waals surface area (Å²) >= 11 is 0. The Bertz CT molecular complexity index is 2880.